The number of methoxy groups -OCH3 is 2. The number of hydrogen-bond donors (Lipinski definition) is 1. The number of rotatable bonds is 8. The van der Waals surface area contributed by atoms with E-state index in [1.54, 1.807) is 27.5 Å². The van der Waals surface area contributed by atoms with E-state index in [4.69, 9.17) is 9.47 Å². The van der Waals surface area contributed by atoms with E-state index in [-0.39, 0.29) is 0 Å². The molecule has 0 fully saturated rings. The maximum absolute atomic E-state index is 5.09. The van der Waals surface area contributed by atoms with Crippen LogP contribution in [0.4, 0.5) is 11.8 Å². The number of aromatic nitrogens is 2. The third kappa shape index (κ3) is 4.54. The zero-order valence-electron chi connectivity index (χ0n) is 10.6. The highest BCUT2D eigenvalue weighted by atomic mass is 16.5. The van der Waals surface area contributed by atoms with Crippen LogP contribution in [0.2, 0.25) is 0 Å². The van der Waals surface area contributed by atoms with Crippen molar-refractivity contribution in [2.75, 3.05) is 57.8 Å². The van der Waals surface area contributed by atoms with Gasteiger partial charge in [0.1, 0.15) is 5.82 Å². The molecular formula is C11H20N4O2. The van der Waals surface area contributed by atoms with Gasteiger partial charge in [0.05, 0.1) is 13.2 Å². The molecule has 6 nitrogen and oxygen atoms in total. The van der Waals surface area contributed by atoms with Crippen molar-refractivity contribution in [3.63, 3.8) is 0 Å². The number of ether oxygens (including phenoxy) is 2. The molecule has 0 bridgehead atoms. The summed E-state index contributed by atoms with van der Waals surface area (Å²) >= 11 is 0. The average molecular weight is 240 g/mol. The normalized spacial score (nSPS) is 10.3. The molecule has 0 unspecified atom stereocenters. The van der Waals surface area contributed by atoms with Crippen LogP contribution in [0.1, 0.15) is 0 Å². The molecular weight excluding hydrogens is 220 g/mol. The van der Waals surface area contributed by atoms with Crippen molar-refractivity contribution in [1.29, 1.82) is 0 Å². The molecule has 0 aromatic carbocycles. The minimum atomic E-state index is 0.613. The fraction of sp³-hybridized carbons (Fsp3) is 0.636. The fourth-order valence-electron chi connectivity index (χ4n) is 1.39. The number of hydrogen-bond acceptors (Lipinski definition) is 6. The first kappa shape index (κ1) is 13.7. The van der Waals surface area contributed by atoms with Crippen LogP contribution in [0.25, 0.3) is 0 Å². The zero-order chi connectivity index (χ0) is 12.5. The van der Waals surface area contributed by atoms with Crippen molar-refractivity contribution in [1.82, 2.24) is 9.97 Å². The van der Waals surface area contributed by atoms with Gasteiger partial charge in [0.2, 0.25) is 5.95 Å². The molecule has 0 aliphatic heterocycles. The van der Waals surface area contributed by atoms with Gasteiger partial charge >= 0.3 is 0 Å². The maximum atomic E-state index is 5.09. The Labute approximate surface area is 102 Å². The monoisotopic (exact) mass is 240 g/mol. The van der Waals surface area contributed by atoms with Crippen molar-refractivity contribution in [3.05, 3.63) is 12.3 Å². The largest absolute Gasteiger partial charge is 0.383 e. The van der Waals surface area contributed by atoms with Crippen LogP contribution in [0, 0.1) is 0 Å². The van der Waals surface area contributed by atoms with Crippen molar-refractivity contribution in [2.24, 2.45) is 0 Å². The molecule has 17 heavy (non-hydrogen) atoms. The van der Waals surface area contributed by atoms with Crippen LogP contribution < -0.4 is 10.2 Å². The van der Waals surface area contributed by atoms with Gasteiger partial charge in [-0.05, 0) is 6.07 Å². The first-order valence-electron chi connectivity index (χ1n) is 5.55. The molecule has 6 heteroatoms. The molecule has 0 amide bonds. The summed E-state index contributed by atoms with van der Waals surface area (Å²) in [5.74, 6) is 1.49. The lowest BCUT2D eigenvalue weighted by molar-refractivity contribution is 0.190. The Bertz CT molecular complexity index is 314. The summed E-state index contributed by atoms with van der Waals surface area (Å²) in [4.78, 5) is 10.6. The minimum Gasteiger partial charge on any atom is -0.383 e. The number of nitrogens with one attached hydrogen (secondary N) is 1. The van der Waals surface area contributed by atoms with E-state index in [1.165, 1.54) is 0 Å². The Morgan fingerprint density at radius 2 is 1.88 bits per heavy atom. The Hall–Kier alpha value is -1.40. The van der Waals surface area contributed by atoms with Gasteiger partial charge in [-0.3, -0.25) is 0 Å². The molecule has 0 saturated heterocycles. The lowest BCUT2D eigenvalue weighted by Crippen LogP contribution is -2.31. The van der Waals surface area contributed by atoms with Crippen LogP contribution in [-0.2, 0) is 9.47 Å². The summed E-state index contributed by atoms with van der Waals surface area (Å²) in [6, 6.07) is 1.88. The average Bonchev–Trinajstić information content (AvgIpc) is 2.39. The summed E-state index contributed by atoms with van der Waals surface area (Å²) in [5.41, 5.74) is 0. The second-order valence-electron chi connectivity index (χ2n) is 3.46. The van der Waals surface area contributed by atoms with Gasteiger partial charge in [0.25, 0.3) is 0 Å². The molecule has 0 spiro atoms. The Morgan fingerprint density at radius 1 is 1.24 bits per heavy atom. The van der Waals surface area contributed by atoms with E-state index < -0.39 is 0 Å². The van der Waals surface area contributed by atoms with Gasteiger partial charge in [-0.1, -0.05) is 0 Å². The fourth-order valence-corrected chi connectivity index (χ4v) is 1.39. The second-order valence-corrected chi connectivity index (χ2v) is 3.46. The van der Waals surface area contributed by atoms with Gasteiger partial charge in [-0.2, -0.15) is 4.98 Å². The molecule has 1 aromatic heterocycles. The lowest BCUT2D eigenvalue weighted by atomic mass is 10.4. The molecule has 96 valence electrons. The first-order valence-corrected chi connectivity index (χ1v) is 5.55. The summed E-state index contributed by atoms with van der Waals surface area (Å²) in [6.07, 6.45) is 1.74. The maximum Gasteiger partial charge on any atom is 0.224 e. The Balaban J connectivity index is 2.71. The van der Waals surface area contributed by atoms with Crippen LogP contribution >= 0.6 is 0 Å². The molecule has 1 N–H and O–H groups in total. The predicted molar refractivity (Wildman–Crippen MR) is 67.5 cm³/mol. The standard InChI is InChI=1S/C11H20N4O2/c1-12-11-13-5-4-10(14-11)15(6-8-16-2)7-9-17-3/h4-5H,6-9H2,1-3H3,(H,12,13,14). The van der Waals surface area contributed by atoms with Crippen molar-refractivity contribution >= 4 is 11.8 Å². The zero-order valence-corrected chi connectivity index (χ0v) is 10.6. The second kappa shape index (κ2) is 7.81. The number of nitrogens with zero attached hydrogens (tertiary/aromatic N) is 3. The molecule has 0 saturated carbocycles. The molecule has 1 heterocycles. The Kier molecular flexibility index (Phi) is 6.27. The summed E-state index contributed by atoms with van der Waals surface area (Å²) in [5, 5.41) is 2.92. The first-order chi connectivity index (χ1) is 8.31. The van der Waals surface area contributed by atoms with Crippen molar-refractivity contribution in [3.8, 4) is 0 Å². The SMILES string of the molecule is CNc1nccc(N(CCOC)CCOC)n1. The third-order valence-corrected chi connectivity index (χ3v) is 2.32. The smallest absolute Gasteiger partial charge is 0.224 e. The van der Waals surface area contributed by atoms with Crippen molar-refractivity contribution in [2.45, 2.75) is 0 Å². The number of anilines is 2. The topological polar surface area (TPSA) is 59.5 Å². The summed E-state index contributed by atoms with van der Waals surface area (Å²) < 4.78 is 10.2. The van der Waals surface area contributed by atoms with Crippen LogP contribution in [0.3, 0.4) is 0 Å². The van der Waals surface area contributed by atoms with Crippen LogP contribution in [0.5, 0.6) is 0 Å². The van der Waals surface area contributed by atoms with E-state index >= 15 is 0 Å². The molecule has 1 aromatic rings. The van der Waals surface area contributed by atoms with Crippen molar-refractivity contribution < 1.29 is 9.47 Å². The predicted octanol–water partition coefficient (Wildman–Crippen LogP) is 0.617. The highest BCUT2D eigenvalue weighted by molar-refractivity contribution is 5.42. The summed E-state index contributed by atoms with van der Waals surface area (Å²) in [6.45, 7) is 2.87. The van der Waals surface area contributed by atoms with Crippen LogP contribution in [0.15, 0.2) is 12.3 Å². The lowest BCUT2D eigenvalue weighted by Gasteiger charge is -2.23. The molecule has 0 aliphatic rings. The third-order valence-electron chi connectivity index (χ3n) is 2.32. The molecule has 0 radical (unpaired) electrons. The van der Waals surface area contributed by atoms with Gasteiger partial charge < -0.3 is 19.7 Å². The van der Waals surface area contributed by atoms with Gasteiger partial charge in [-0.15, -0.1) is 0 Å². The highest BCUT2D eigenvalue weighted by Crippen LogP contribution is 2.11. The molecule has 0 atom stereocenters. The van der Waals surface area contributed by atoms with E-state index in [1.807, 2.05) is 6.07 Å². The van der Waals surface area contributed by atoms with E-state index in [0.717, 1.165) is 18.9 Å². The van der Waals surface area contributed by atoms with Gasteiger partial charge in [0, 0.05) is 40.6 Å². The van der Waals surface area contributed by atoms with E-state index in [0.29, 0.717) is 19.2 Å². The Morgan fingerprint density at radius 3 is 2.41 bits per heavy atom. The highest BCUT2D eigenvalue weighted by Gasteiger charge is 2.08. The molecule has 0 aliphatic carbocycles. The minimum absolute atomic E-state index is 0.613. The quantitative estimate of drug-likeness (QED) is 0.718. The molecule has 1 rings (SSSR count). The van der Waals surface area contributed by atoms with E-state index in [9.17, 15) is 0 Å². The van der Waals surface area contributed by atoms with Crippen LogP contribution in [-0.4, -0.2) is 57.5 Å². The summed E-state index contributed by atoms with van der Waals surface area (Å²) in [7, 11) is 5.18. The van der Waals surface area contributed by atoms with Gasteiger partial charge in [-0.25, -0.2) is 4.98 Å². The van der Waals surface area contributed by atoms with Gasteiger partial charge in [0.15, 0.2) is 0 Å². The van der Waals surface area contributed by atoms with E-state index in [2.05, 4.69) is 20.2 Å².